The normalized spacial score (nSPS) is 28.9. The van der Waals surface area contributed by atoms with Crippen LogP contribution in [-0.2, 0) is 6.54 Å². The maximum absolute atomic E-state index is 5.34. The zero-order valence-electron chi connectivity index (χ0n) is 12.5. The standard InChI is InChI=1S/C14H24N4O.ClH/c1-9(2)14-16-13(19-17-14)8-18(3)12-6-10-4-5-11(7-12)15-10;/h9-12,15H,4-8H2,1-3H3;1H. The van der Waals surface area contributed by atoms with Crippen LogP contribution in [0.5, 0.6) is 0 Å². The SMILES string of the molecule is CC(C)c1noc(CN(C)C2CC3CCC(C2)N3)n1.Cl. The van der Waals surface area contributed by atoms with Gasteiger partial charge in [0.2, 0.25) is 5.89 Å². The molecule has 5 nitrogen and oxygen atoms in total. The molecule has 2 fully saturated rings. The molecule has 0 spiro atoms. The van der Waals surface area contributed by atoms with E-state index in [1.165, 1.54) is 25.7 Å². The van der Waals surface area contributed by atoms with Crippen molar-refractivity contribution in [3.63, 3.8) is 0 Å². The van der Waals surface area contributed by atoms with Crippen LogP contribution in [0.1, 0.15) is 57.2 Å². The number of fused-ring (bicyclic) bond motifs is 2. The monoisotopic (exact) mass is 300 g/mol. The Hall–Kier alpha value is -0.650. The molecule has 1 aromatic heterocycles. The van der Waals surface area contributed by atoms with Gasteiger partial charge in [0.1, 0.15) is 0 Å². The Morgan fingerprint density at radius 1 is 1.30 bits per heavy atom. The lowest BCUT2D eigenvalue weighted by Gasteiger charge is -2.34. The predicted molar refractivity (Wildman–Crippen MR) is 80.1 cm³/mol. The first-order valence-corrected chi connectivity index (χ1v) is 7.40. The Labute approximate surface area is 126 Å². The van der Waals surface area contributed by atoms with E-state index in [1.807, 2.05) is 0 Å². The number of halogens is 1. The van der Waals surface area contributed by atoms with Crippen LogP contribution in [0.25, 0.3) is 0 Å². The topological polar surface area (TPSA) is 54.2 Å². The van der Waals surface area contributed by atoms with Crippen LogP contribution >= 0.6 is 12.4 Å². The molecule has 1 N–H and O–H groups in total. The first-order chi connectivity index (χ1) is 9.11. The van der Waals surface area contributed by atoms with Gasteiger partial charge >= 0.3 is 0 Å². The molecular weight excluding hydrogens is 276 g/mol. The van der Waals surface area contributed by atoms with Crippen LogP contribution in [-0.4, -0.2) is 40.2 Å². The first-order valence-electron chi connectivity index (χ1n) is 7.40. The molecule has 0 aliphatic carbocycles. The van der Waals surface area contributed by atoms with Crippen molar-refractivity contribution >= 4 is 12.4 Å². The van der Waals surface area contributed by atoms with E-state index in [4.69, 9.17) is 4.52 Å². The minimum atomic E-state index is 0. The number of hydrogen-bond donors (Lipinski definition) is 1. The molecule has 0 radical (unpaired) electrons. The van der Waals surface area contributed by atoms with E-state index in [2.05, 4.69) is 41.3 Å². The highest BCUT2D eigenvalue weighted by molar-refractivity contribution is 5.85. The van der Waals surface area contributed by atoms with Crippen molar-refractivity contribution in [3.05, 3.63) is 11.7 Å². The highest BCUT2D eigenvalue weighted by Gasteiger charge is 2.35. The highest BCUT2D eigenvalue weighted by Crippen LogP contribution is 2.29. The molecule has 0 amide bonds. The average Bonchev–Trinajstić information content (AvgIpc) is 2.96. The summed E-state index contributed by atoms with van der Waals surface area (Å²) in [4.78, 5) is 6.84. The second-order valence-corrected chi connectivity index (χ2v) is 6.38. The molecule has 2 unspecified atom stereocenters. The van der Waals surface area contributed by atoms with Crippen molar-refractivity contribution in [3.8, 4) is 0 Å². The molecule has 2 aliphatic rings. The molecule has 20 heavy (non-hydrogen) atoms. The maximum atomic E-state index is 5.34. The van der Waals surface area contributed by atoms with Gasteiger partial charge in [0.05, 0.1) is 6.54 Å². The molecule has 2 bridgehead atoms. The lowest BCUT2D eigenvalue weighted by atomic mass is 9.98. The third kappa shape index (κ3) is 3.32. The van der Waals surface area contributed by atoms with Crippen molar-refractivity contribution in [2.24, 2.45) is 0 Å². The van der Waals surface area contributed by atoms with Crippen LogP contribution in [0.15, 0.2) is 4.52 Å². The molecular formula is C14H25ClN4O. The molecule has 3 heterocycles. The van der Waals surface area contributed by atoms with E-state index in [0.717, 1.165) is 30.3 Å². The summed E-state index contributed by atoms with van der Waals surface area (Å²) in [6.45, 7) is 4.94. The molecule has 0 saturated carbocycles. The fourth-order valence-corrected chi connectivity index (χ4v) is 3.30. The van der Waals surface area contributed by atoms with E-state index in [0.29, 0.717) is 12.0 Å². The second kappa shape index (κ2) is 6.41. The van der Waals surface area contributed by atoms with Crippen LogP contribution in [0.4, 0.5) is 0 Å². The number of nitrogens with one attached hydrogen (secondary N) is 1. The van der Waals surface area contributed by atoms with Gasteiger partial charge < -0.3 is 9.84 Å². The Morgan fingerprint density at radius 2 is 1.95 bits per heavy atom. The van der Waals surface area contributed by atoms with Gasteiger partial charge in [-0.1, -0.05) is 19.0 Å². The van der Waals surface area contributed by atoms with Gasteiger partial charge in [-0.25, -0.2) is 0 Å². The summed E-state index contributed by atoms with van der Waals surface area (Å²) in [6, 6.07) is 2.09. The van der Waals surface area contributed by atoms with E-state index in [1.54, 1.807) is 0 Å². The van der Waals surface area contributed by atoms with Crippen molar-refractivity contribution < 1.29 is 4.52 Å². The largest absolute Gasteiger partial charge is 0.338 e. The van der Waals surface area contributed by atoms with Crippen LogP contribution < -0.4 is 5.32 Å². The molecule has 1 aromatic rings. The Balaban J connectivity index is 0.00000147. The minimum Gasteiger partial charge on any atom is -0.338 e. The van der Waals surface area contributed by atoms with Gasteiger partial charge in [0.25, 0.3) is 0 Å². The van der Waals surface area contributed by atoms with Gasteiger partial charge in [-0.3, -0.25) is 4.90 Å². The summed E-state index contributed by atoms with van der Waals surface area (Å²) in [5.74, 6) is 1.89. The predicted octanol–water partition coefficient (Wildman–Crippen LogP) is 2.33. The van der Waals surface area contributed by atoms with Gasteiger partial charge in [-0.05, 0) is 32.7 Å². The van der Waals surface area contributed by atoms with Crippen LogP contribution in [0.3, 0.4) is 0 Å². The number of hydrogen-bond acceptors (Lipinski definition) is 5. The molecule has 3 rings (SSSR count). The summed E-state index contributed by atoms with van der Waals surface area (Å²) in [7, 11) is 2.18. The molecule has 2 aliphatic heterocycles. The third-order valence-electron chi connectivity index (χ3n) is 4.46. The smallest absolute Gasteiger partial charge is 0.240 e. The lowest BCUT2D eigenvalue weighted by molar-refractivity contribution is 0.150. The molecule has 6 heteroatoms. The quantitative estimate of drug-likeness (QED) is 0.925. The van der Waals surface area contributed by atoms with Gasteiger partial charge in [0.15, 0.2) is 5.82 Å². The Morgan fingerprint density at radius 3 is 2.50 bits per heavy atom. The lowest BCUT2D eigenvalue weighted by Crippen LogP contribution is -2.46. The average molecular weight is 301 g/mol. The van der Waals surface area contributed by atoms with E-state index in [-0.39, 0.29) is 12.4 Å². The zero-order chi connectivity index (χ0) is 13.4. The maximum Gasteiger partial charge on any atom is 0.240 e. The van der Waals surface area contributed by atoms with Gasteiger partial charge in [0, 0.05) is 24.0 Å². The van der Waals surface area contributed by atoms with E-state index >= 15 is 0 Å². The highest BCUT2D eigenvalue weighted by atomic mass is 35.5. The van der Waals surface area contributed by atoms with E-state index in [9.17, 15) is 0 Å². The van der Waals surface area contributed by atoms with Gasteiger partial charge in [-0.15, -0.1) is 12.4 Å². The Kier molecular flexibility index (Phi) is 5.04. The van der Waals surface area contributed by atoms with E-state index < -0.39 is 0 Å². The van der Waals surface area contributed by atoms with Crippen molar-refractivity contribution in [2.75, 3.05) is 7.05 Å². The van der Waals surface area contributed by atoms with Crippen molar-refractivity contribution in [1.82, 2.24) is 20.4 Å². The number of nitrogens with zero attached hydrogens (tertiary/aromatic N) is 3. The fraction of sp³-hybridized carbons (Fsp3) is 0.857. The number of rotatable bonds is 4. The zero-order valence-corrected chi connectivity index (χ0v) is 13.3. The Bertz CT molecular complexity index is 425. The molecule has 0 aromatic carbocycles. The van der Waals surface area contributed by atoms with Crippen molar-refractivity contribution in [2.45, 2.75) is 70.1 Å². The number of piperidine rings is 1. The first kappa shape index (κ1) is 15.7. The number of aromatic nitrogens is 2. The second-order valence-electron chi connectivity index (χ2n) is 6.38. The summed E-state index contributed by atoms with van der Waals surface area (Å²) in [5, 5.41) is 7.71. The summed E-state index contributed by atoms with van der Waals surface area (Å²) < 4.78 is 5.34. The van der Waals surface area contributed by atoms with Crippen LogP contribution in [0, 0.1) is 0 Å². The van der Waals surface area contributed by atoms with Crippen LogP contribution in [0.2, 0.25) is 0 Å². The van der Waals surface area contributed by atoms with Gasteiger partial charge in [-0.2, -0.15) is 4.98 Å². The molecule has 2 atom stereocenters. The van der Waals surface area contributed by atoms with Crippen molar-refractivity contribution in [1.29, 1.82) is 0 Å². The summed E-state index contributed by atoms with van der Waals surface area (Å²) in [5.41, 5.74) is 0. The third-order valence-corrected chi connectivity index (χ3v) is 4.46. The molecule has 114 valence electrons. The minimum absolute atomic E-state index is 0. The molecule has 2 saturated heterocycles. The fourth-order valence-electron chi connectivity index (χ4n) is 3.30. The summed E-state index contributed by atoms with van der Waals surface area (Å²) >= 11 is 0. The summed E-state index contributed by atoms with van der Waals surface area (Å²) in [6.07, 6.45) is 5.18.